The zero-order valence-corrected chi connectivity index (χ0v) is 9.98. The van der Waals surface area contributed by atoms with Crippen molar-refractivity contribution in [2.45, 2.75) is 0 Å². The van der Waals surface area contributed by atoms with E-state index in [1.165, 1.54) is 31.4 Å². The molecule has 0 saturated carbocycles. The SMILES string of the molecule is COC(=O)c1ccc(F)c(-c2ccc(O)cc2F)c1. The van der Waals surface area contributed by atoms with Gasteiger partial charge in [0.25, 0.3) is 0 Å². The van der Waals surface area contributed by atoms with Gasteiger partial charge in [0.15, 0.2) is 0 Å². The number of benzene rings is 2. The fourth-order valence-corrected chi connectivity index (χ4v) is 1.70. The van der Waals surface area contributed by atoms with Gasteiger partial charge in [0, 0.05) is 17.2 Å². The lowest BCUT2D eigenvalue weighted by Crippen LogP contribution is -2.02. The molecule has 0 fully saturated rings. The zero-order valence-electron chi connectivity index (χ0n) is 9.98. The topological polar surface area (TPSA) is 46.5 Å². The molecule has 0 aromatic heterocycles. The molecule has 0 amide bonds. The summed E-state index contributed by atoms with van der Waals surface area (Å²) in [6.45, 7) is 0. The molecule has 3 nitrogen and oxygen atoms in total. The van der Waals surface area contributed by atoms with Crippen LogP contribution >= 0.6 is 0 Å². The molecule has 0 radical (unpaired) electrons. The third-order valence-corrected chi connectivity index (χ3v) is 2.63. The molecule has 5 heteroatoms. The summed E-state index contributed by atoms with van der Waals surface area (Å²) in [6, 6.07) is 6.87. The van der Waals surface area contributed by atoms with Crippen LogP contribution in [0.5, 0.6) is 5.75 Å². The Balaban J connectivity index is 2.57. The lowest BCUT2D eigenvalue weighted by atomic mass is 10.0. The van der Waals surface area contributed by atoms with E-state index in [0.717, 1.165) is 12.1 Å². The molecule has 0 saturated heterocycles. The first-order valence-electron chi connectivity index (χ1n) is 5.39. The number of aromatic hydroxyl groups is 1. The van der Waals surface area contributed by atoms with Gasteiger partial charge in [0.1, 0.15) is 17.4 Å². The van der Waals surface area contributed by atoms with E-state index in [4.69, 9.17) is 5.11 Å². The molecule has 1 N–H and O–H groups in total. The van der Waals surface area contributed by atoms with Crippen LogP contribution in [-0.4, -0.2) is 18.2 Å². The van der Waals surface area contributed by atoms with Crippen LogP contribution in [0.1, 0.15) is 10.4 Å². The molecule has 0 spiro atoms. The maximum absolute atomic E-state index is 13.7. The summed E-state index contributed by atoms with van der Waals surface area (Å²) in [5.74, 6) is -2.34. The van der Waals surface area contributed by atoms with Crippen molar-refractivity contribution in [2.75, 3.05) is 7.11 Å². The molecule has 2 rings (SSSR count). The van der Waals surface area contributed by atoms with Crippen LogP contribution in [0.4, 0.5) is 8.78 Å². The standard InChI is InChI=1S/C14H10F2O3/c1-19-14(18)8-2-5-12(15)11(6-8)10-4-3-9(17)7-13(10)16/h2-7,17H,1H3. The largest absolute Gasteiger partial charge is 0.508 e. The van der Waals surface area contributed by atoms with Gasteiger partial charge < -0.3 is 9.84 Å². The molecule has 0 aliphatic rings. The van der Waals surface area contributed by atoms with Gasteiger partial charge in [-0.25, -0.2) is 13.6 Å². The Hall–Kier alpha value is -2.43. The maximum atomic E-state index is 13.7. The minimum Gasteiger partial charge on any atom is -0.508 e. The average Bonchev–Trinajstić information content (AvgIpc) is 2.39. The van der Waals surface area contributed by atoms with Crippen LogP contribution < -0.4 is 0 Å². The van der Waals surface area contributed by atoms with Crippen LogP contribution in [0.15, 0.2) is 36.4 Å². The number of rotatable bonds is 2. The zero-order chi connectivity index (χ0) is 14.0. The number of phenols is 1. The third kappa shape index (κ3) is 2.54. The van der Waals surface area contributed by atoms with Gasteiger partial charge in [-0.3, -0.25) is 0 Å². The second kappa shape index (κ2) is 5.06. The van der Waals surface area contributed by atoms with Crippen molar-refractivity contribution in [1.82, 2.24) is 0 Å². The Morgan fingerprint density at radius 1 is 1.05 bits per heavy atom. The quantitative estimate of drug-likeness (QED) is 0.848. The minimum absolute atomic E-state index is 0.0407. The van der Waals surface area contributed by atoms with Gasteiger partial charge in [0.2, 0.25) is 0 Å². The first-order valence-corrected chi connectivity index (χ1v) is 5.39. The molecule has 0 atom stereocenters. The van der Waals surface area contributed by atoms with Crippen LogP contribution in [0.2, 0.25) is 0 Å². The van der Waals surface area contributed by atoms with E-state index in [2.05, 4.69) is 4.74 Å². The van der Waals surface area contributed by atoms with Crippen molar-refractivity contribution < 1.29 is 23.4 Å². The van der Waals surface area contributed by atoms with Crippen LogP contribution in [0.3, 0.4) is 0 Å². The van der Waals surface area contributed by atoms with E-state index in [9.17, 15) is 13.6 Å². The van der Waals surface area contributed by atoms with Crippen LogP contribution in [0, 0.1) is 11.6 Å². The van der Waals surface area contributed by atoms with Crippen molar-refractivity contribution in [3.63, 3.8) is 0 Å². The predicted molar refractivity (Wildman–Crippen MR) is 64.8 cm³/mol. The molecule has 19 heavy (non-hydrogen) atoms. The van der Waals surface area contributed by atoms with Crippen molar-refractivity contribution in [3.05, 3.63) is 53.6 Å². The summed E-state index contributed by atoms with van der Waals surface area (Å²) >= 11 is 0. The first kappa shape index (κ1) is 13.0. The summed E-state index contributed by atoms with van der Waals surface area (Å²) in [5.41, 5.74) is 0.00725. The lowest BCUT2D eigenvalue weighted by molar-refractivity contribution is 0.0600. The second-order valence-electron chi connectivity index (χ2n) is 3.85. The summed E-state index contributed by atoms with van der Waals surface area (Å²) < 4.78 is 31.9. The highest BCUT2D eigenvalue weighted by molar-refractivity contribution is 5.91. The number of hydrogen-bond donors (Lipinski definition) is 1. The van der Waals surface area contributed by atoms with Crippen LogP contribution in [0.25, 0.3) is 11.1 Å². The van der Waals surface area contributed by atoms with Gasteiger partial charge in [-0.15, -0.1) is 0 Å². The molecular formula is C14H10F2O3. The third-order valence-electron chi connectivity index (χ3n) is 2.63. The van der Waals surface area contributed by atoms with Gasteiger partial charge in [-0.1, -0.05) is 0 Å². The Morgan fingerprint density at radius 2 is 1.79 bits per heavy atom. The monoisotopic (exact) mass is 264 g/mol. The highest BCUT2D eigenvalue weighted by atomic mass is 19.1. The average molecular weight is 264 g/mol. The fraction of sp³-hybridized carbons (Fsp3) is 0.0714. The van der Waals surface area contributed by atoms with Gasteiger partial charge in [-0.2, -0.15) is 0 Å². The second-order valence-corrected chi connectivity index (χ2v) is 3.85. The van der Waals surface area contributed by atoms with Gasteiger partial charge in [-0.05, 0) is 30.3 Å². The Kier molecular flexibility index (Phi) is 3.46. The van der Waals surface area contributed by atoms with Gasteiger partial charge in [0.05, 0.1) is 12.7 Å². The number of phenolic OH excluding ortho intramolecular Hbond substituents is 1. The van der Waals surface area contributed by atoms with E-state index < -0.39 is 17.6 Å². The molecule has 0 aliphatic heterocycles. The number of hydrogen-bond acceptors (Lipinski definition) is 3. The highest BCUT2D eigenvalue weighted by Crippen LogP contribution is 2.28. The Labute approximate surface area is 108 Å². The molecule has 2 aromatic carbocycles. The minimum atomic E-state index is -0.777. The van der Waals surface area contributed by atoms with E-state index >= 15 is 0 Å². The van der Waals surface area contributed by atoms with Gasteiger partial charge >= 0.3 is 5.97 Å². The summed E-state index contributed by atoms with van der Waals surface area (Å²) in [6.07, 6.45) is 0. The molecule has 0 heterocycles. The summed E-state index contributed by atoms with van der Waals surface area (Å²) in [7, 11) is 1.20. The Morgan fingerprint density at radius 3 is 2.42 bits per heavy atom. The molecular weight excluding hydrogens is 254 g/mol. The summed E-state index contributed by atoms with van der Waals surface area (Å²) in [4.78, 5) is 11.4. The summed E-state index contributed by atoms with van der Waals surface area (Å²) in [5, 5.41) is 9.13. The Bertz CT molecular complexity index is 639. The first-order chi connectivity index (χ1) is 9.02. The van der Waals surface area contributed by atoms with E-state index in [0.29, 0.717) is 0 Å². The molecule has 0 unspecified atom stereocenters. The number of ether oxygens (including phenoxy) is 1. The normalized spacial score (nSPS) is 10.3. The molecule has 98 valence electrons. The number of halogens is 2. The molecule has 2 aromatic rings. The van der Waals surface area contributed by atoms with E-state index in [-0.39, 0.29) is 22.4 Å². The molecule has 0 bridgehead atoms. The van der Waals surface area contributed by atoms with Crippen molar-refractivity contribution in [2.24, 2.45) is 0 Å². The number of carbonyl (C=O) groups is 1. The predicted octanol–water partition coefficient (Wildman–Crippen LogP) is 3.12. The van der Waals surface area contributed by atoms with Crippen molar-refractivity contribution in [1.29, 1.82) is 0 Å². The molecule has 0 aliphatic carbocycles. The highest BCUT2D eigenvalue weighted by Gasteiger charge is 2.14. The van der Waals surface area contributed by atoms with Crippen molar-refractivity contribution >= 4 is 5.97 Å². The van der Waals surface area contributed by atoms with Crippen molar-refractivity contribution in [3.8, 4) is 16.9 Å². The fourth-order valence-electron chi connectivity index (χ4n) is 1.70. The lowest BCUT2D eigenvalue weighted by Gasteiger charge is -2.07. The smallest absolute Gasteiger partial charge is 0.337 e. The number of esters is 1. The maximum Gasteiger partial charge on any atom is 0.337 e. The van der Waals surface area contributed by atoms with E-state index in [1.807, 2.05) is 0 Å². The van der Waals surface area contributed by atoms with Crippen LogP contribution in [-0.2, 0) is 4.74 Å². The van der Waals surface area contributed by atoms with E-state index in [1.54, 1.807) is 0 Å². The number of carbonyl (C=O) groups excluding carboxylic acids is 1. The number of methoxy groups -OCH3 is 1.